The summed E-state index contributed by atoms with van der Waals surface area (Å²) in [5.41, 5.74) is 0. The molecule has 0 aromatic heterocycles. The average Bonchev–Trinajstić information content (AvgIpc) is 2.28. The molecule has 0 unspecified atom stereocenters. The van der Waals surface area contributed by atoms with Crippen LogP contribution in [0.3, 0.4) is 0 Å². The minimum atomic E-state index is -3.91. The van der Waals surface area contributed by atoms with Crippen LogP contribution in [0.4, 0.5) is 4.39 Å². The van der Waals surface area contributed by atoms with Gasteiger partial charge in [-0.3, -0.25) is 0 Å². The Morgan fingerprint density at radius 2 is 2.06 bits per heavy atom. The normalized spacial score (nSPS) is 12.4. The van der Waals surface area contributed by atoms with Gasteiger partial charge in [-0.1, -0.05) is 11.6 Å². The van der Waals surface area contributed by atoms with Gasteiger partial charge in [-0.15, -0.1) is 0 Å². The fourth-order valence-electron chi connectivity index (χ4n) is 1.56. The summed E-state index contributed by atoms with van der Waals surface area (Å²) < 4.78 is 38.8. The van der Waals surface area contributed by atoms with E-state index in [1.165, 1.54) is 6.07 Å². The molecule has 0 aliphatic carbocycles. The lowest BCUT2D eigenvalue weighted by Crippen LogP contribution is -2.39. The van der Waals surface area contributed by atoms with E-state index in [2.05, 4.69) is 0 Å². The first-order valence-electron chi connectivity index (χ1n) is 5.38. The monoisotopic (exact) mass is 295 g/mol. The molecule has 7 heteroatoms. The molecule has 1 aromatic rings. The van der Waals surface area contributed by atoms with E-state index < -0.39 is 15.8 Å². The van der Waals surface area contributed by atoms with Crippen molar-refractivity contribution in [3.05, 3.63) is 29.0 Å². The first-order chi connectivity index (χ1) is 8.30. The van der Waals surface area contributed by atoms with Gasteiger partial charge < -0.3 is 5.11 Å². The summed E-state index contributed by atoms with van der Waals surface area (Å²) in [6.07, 6.45) is 0. The Morgan fingerprint density at radius 3 is 2.56 bits per heavy atom. The van der Waals surface area contributed by atoms with Crippen molar-refractivity contribution >= 4 is 21.6 Å². The number of nitrogens with zero attached hydrogens (tertiary/aromatic N) is 1. The fourth-order valence-corrected chi connectivity index (χ4v) is 3.67. The number of hydrogen-bond acceptors (Lipinski definition) is 3. The summed E-state index contributed by atoms with van der Waals surface area (Å²) in [5.74, 6) is -0.675. The van der Waals surface area contributed by atoms with Gasteiger partial charge in [0.25, 0.3) is 0 Å². The first-order valence-corrected chi connectivity index (χ1v) is 7.20. The van der Waals surface area contributed by atoms with Crippen molar-refractivity contribution in [1.29, 1.82) is 0 Å². The number of aliphatic hydroxyl groups excluding tert-OH is 1. The minimum Gasteiger partial charge on any atom is -0.395 e. The van der Waals surface area contributed by atoms with Crippen LogP contribution in [0.5, 0.6) is 0 Å². The number of sulfonamides is 1. The van der Waals surface area contributed by atoms with Gasteiger partial charge in [-0.25, -0.2) is 12.8 Å². The van der Waals surface area contributed by atoms with E-state index in [-0.39, 0.29) is 29.1 Å². The highest BCUT2D eigenvalue weighted by molar-refractivity contribution is 7.89. The highest BCUT2D eigenvalue weighted by atomic mass is 35.5. The number of benzene rings is 1. The van der Waals surface area contributed by atoms with Gasteiger partial charge in [0.1, 0.15) is 10.7 Å². The van der Waals surface area contributed by atoms with E-state index in [0.29, 0.717) is 0 Å². The molecule has 102 valence electrons. The molecule has 0 amide bonds. The smallest absolute Gasteiger partial charge is 0.244 e. The maximum Gasteiger partial charge on any atom is 0.244 e. The molecular weight excluding hydrogens is 281 g/mol. The van der Waals surface area contributed by atoms with E-state index in [1.807, 2.05) is 0 Å². The molecule has 0 spiro atoms. The molecule has 1 rings (SSSR count). The van der Waals surface area contributed by atoms with Crippen LogP contribution in [0.15, 0.2) is 23.1 Å². The summed E-state index contributed by atoms with van der Waals surface area (Å²) in [6.45, 7) is 2.96. The lowest BCUT2D eigenvalue weighted by Gasteiger charge is -2.25. The van der Waals surface area contributed by atoms with E-state index in [9.17, 15) is 12.8 Å². The fraction of sp³-hybridized carbons (Fsp3) is 0.455. The van der Waals surface area contributed by atoms with Crippen molar-refractivity contribution in [3.8, 4) is 0 Å². The predicted molar refractivity (Wildman–Crippen MR) is 67.5 cm³/mol. The summed E-state index contributed by atoms with van der Waals surface area (Å²) in [6, 6.07) is 2.81. The standard InChI is InChI=1S/C11H15ClFNO3S/c1-8(2)14(5-6-15)18(16,17)11-7-9(13)3-4-10(11)12/h3-4,7-8,15H,5-6H2,1-2H3. The molecule has 0 radical (unpaired) electrons. The number of rotatable bonds is 5. The van der Waals surface area contributed by atoms with Crippen LogP contribution in [0, 0.1) is 5.82 Å². The first kappa shape index (κ1) is 15.4. The van der Waals surface area contributed by atoms with Crippen LogP contribution in [0.25, 0.3) is 0 Å². The summed E-state index contributed by atoms with van der Waals surface area (Å²) in [5, 5.41) is 8.86. The van der Waals surface area contributed by atoms with Gasteiger partial charge in [0.15, 0.2) is 0 Å². The van der Waals surface area contributed by atoms with E-state index >= 15 is 0 Å². The maximum atomic E-state index is 13.1. The third-order valence-electron chi connectivity index (χ3n) is 2.38. The Balaban J connectivity index is 3.30. The molecular formula is C11H15ClFNO3S. The van der Waals surface area contributed by atoms with Crippen molar-refractivity contribution in [3.63, 3.8) is 0 Å². The molecule has 0 aliphatic rings. The van der Waals surface area contributed by atoms with Gasteiger partial charge in [0.05, 0.1) is 11.6 Å². The summed E-state index contributed by atoms with van der Waals surface area (Å²) in [7, 11) is -3.91. The molecule has 0 heterocycles. The Morgan fingerprint density at radius 1 is 1.44 bits per heavy atom. The van der Waals surface area contributed by atoms with Crippen molar-refractivity contribution in [1.82, 2.24) is 4.31 Å². The van der Waals surface area contributed by atoms with Gasteiger partial charge in [-0.05, 0) is 32.0 Å². The minimum absolute atomic E-state index is 0.0417. The highest BCUT2D eigenvalue weighted by Gasteiger charge is 2.28. The van der Waals surface area contributed by atoms with E-state index in [0.717, 1.165) is 16.4 Å². The average molecular weight is 296 g/mol. The summed E-state index contributed by atoms with van der Waals surface area (Å²) in [4.78, 5) is -0.286. The number of hydrogen-bond donors (Lipinski definition) is 1. The molecule has 0 atom stereocenters. The molecule has 0 saturated heterocycles. The van der Waals surface area contributed by atoms with Crippen molar-refractivity contribution in [2.45, 2.75) is 24.8 Å². The van der Waals surface area contributed by atoms with Crippen molar-refractivity contribution < 1.29 is 17.9 Å². The van der Waals surface area contributed by atoms with E-state index in [1.54, 1.807) is 13.8 Å². The molecule has 0 aliphatic heterocycles. The van der Waals surface area contributed by atoms with Gasteiger partial charge >= 0.3 is 0 Å². The topological polar surface area (TPSA) is 57.6 Å². The van der Waals surface area contributed by atoms with Crippen molar-refractivity contribution in [2.75, 3.05) is 13.2 Å². The van der Waals surface area contributed by atoms with Gasteiger partial charge in [0.2, 0.25) is 10.0 Å². The molecule has 1 aromatic carbocycles. The molecule has 1 N–H and O–H groups in total. The van der Waals surface area contributed by atoms with Crippen molar-refractivity contribution in [2.24, 2.45) is 0 Å². The molecule has 18 heavy (non-hydrogen) atoms. The quantitative estimate of drug-likeness (QED) is 0.902. The Kier molecular flexibility index (Phi) is 5.10. The number of aliphatic hydroxyl groups is 1. The Bertz CT molecular complexity index is 519. The zero-order valence-corrected chi connectivity index (χ0v) is 11.7. The predicted octanol–water partition coefficient (Wildman–Crippen LogP) is 1.87. The lowest BCUT2D eigenvalue weighted by molar-refractivity contribution is 0.236. The van der Waals surface area contributed by atoms with Gasteiger partial charge in [-0.2, -0.15) is 4.31 Å². The second-order valence-electron chi connectivity index (χ2n) is 4.01. The zero-order valence-electron chi connectivity index (χ0n) is 10.1. The van der Waals surface area contributed by atoms with Gasteiger partial charge in [0, 0.05) is 12.6 Å². The molecule has 0 fully saturated rings. The number of halogens is 2. The third kappa shape index (κ3) is 3.20. The van der Waals surface area contributed by atoms with Crippen LogP contribution in [0.2, 0.25) is 5.02 Å². The van der Waals surface area contributed by atoms with Crippen LogP contribution >= 0.6 is 11.6 Å². The van der Waals surface area contributed by atoms with Crippen LogP contribution in [0.1, 0.15) is 13.8 Å². The summed E-state index contributed by atoms with van der Waals surface area (Å²) >= 11 is 5.79. The Labute approximate surface area is 111 Å². The molecule has 0 saturated carbocycles. The lowest BCUT2D eigenvalue weighted by atomic mass is 10.3. The largest absolute Gasteiger partial charge is 0.395 e. The van der Waals surface area contributed by atoms with Crippen LogP contribution in [-0.4, -0.2) is 37.0 Å². The van der Waals surface area contributed by atoms with Crippen LogP contribution in [-0.2, 0) is 10.0 Å². The second-order valence-corrected chi connectivity index (χ2v) is 6.27. The highest BCUT2D eigenvalue weighted by Crippen LogP contribution is 2.26. The van der Waals surface area contributed by atoms with Crippen LogP contribution < -0.4 is 0 Å². The Hall–Kier alpha value is -0.690. The third-order valence-corrected chi connectivity index (χ3v) is 4.93. The molecule has 4 nitrogen and oxygen atoms in total. The second kappa shape index (κ2) is 5.97. The maximum absolute atomic E-state index is 13.1. The molecule has 0 bridgehead atoms. The zero-order chi connectivity index (χ0) is 13.9. The SMILES string of the molecule is CC(C)N(CCO)S(=O)(=O)c1cc(F)ccc1Cl. The van der Waals surface area contributed by atoms with E-state index in [4.69, 9.17) is 16.7 Å².